The minimum absolute atomic E-state index is 0.0320. The number of esters is 1. The van der Waals surface area contributed by atoms with Crippen LogP contribution in [0.15, 0.2) is 9.95 Å². The fraction of sp³-hybridized carbons (Fsp3) is 0.529. The molecule has 0 aliphatic heterocycles. The van der Waals surface area contributed by atoms with Gasteiger partial charge in [0.2, 0.25) is 5.91 Å². The van der Waals surface area contributed by atoms with Gasteiger partial charge in [0.1, 0.15) is 4.83 Å². The molecule has 1 amide bonds. The molecule has 0 spiro atoms. The van der Waals surface area contributed by atoms with Crippen LogP contribution in [-0.4, -0.2) is 40.8 Å². The molecule has 2 heterocycles. The van der Waals surface area contributed by atoms with Gasteiger partial charge in [0.05, 0.1) is 18.2 Å². The molecular weight excluding hydrogens is 374 g/mol. The highest BCUT2D eigenvalue weighted by atomic mass is 32.2. The maximum atomic E-state index is 12.7. The van der Waals surface area contributed by atoms with Crippen molar-refractivity contribution in [2.24, 2.45) is 7.05 Å². The van der Waals surface area contributed by atoms with Crippen molar-refractivity contribution in [3.63, 3.8) is 0 Å². The quantitative estimate of drug-likeness (QED) is 0.332. The Bertz CT molecular complexity index is 904. The topological polar surface area (TPSA) is 90.3 Å². The number of thioether (sulfide) groups is 1. The number of thiophene rings is 1. The van der Waals surface area contributed by atoms with Crippen LogP contribution in [0.1, 0.15) is 29.7 Å². The van der Waals surface area contributed by atoms with Gasteiger partial charge in [-0.1, -0.05) is 11.8 Å². The lowest BCUT2D eigenvalue weighted by molar-refractivity contribution is -0.140. The molecule has 3 rings (SSSR count). The number of methoxy groups -OCH3 is 1. The summed E-state index contributed by atoms with van der Waals surface area (Å²) < 4.78 is 6.08. The van der Waals surface area contributed by atoms with Gasteiger partial charge < -0.3 is 10.1 Å². The van der Waals surface area contributed by atoms with Gasteiger partial charge in [0, 0.05) is 24.9 Å². The van der Waals surface area contributed by atoms with Crippen molar-refractivity contribution in [3.8, 4) is 0 Å². The van der Waals surface area contributed by atoms with E-state index >= 15 is 0 Å². The predicted molar refractivity (Wildman–Crippen MR) is 102 cm³/mol. The Kier molecular flexibility index (Phi) is 5.98. The van der Waals surface area contributed by atoms with E-state index in [1.165, 1.54) is 28.3 Å². The average molecular weight is 396 g/mol. The van der Waals surface area contributed by atoms with E-state index in [2.05, 4.69) is 15.0 Å². The molecule has 26 heavy (non-hydrogen) atoms. The molecule has 140 valence electrons. The fourth-order valence-electron chi connectivity index (χ4n) is 2.98. The van der Waals surface area contributed by atoms with Crippen LogP contribution in [0.4, 0.5) is 0 Å². The normalized spacial score (nSPS) is 13.0. The zero-order valence-corrected chi connectivity index (χ0v) is 16.4. The summed E-state index contributed by atoms with van der Waals surface area (Å²) in [6, 6.07) is 0. The highest BCUT2D eigenvalue weighted by Crippen LogP contribution is 2.35. The Morgan fingerprint density at radius 2 is 2.19 bits per heavy atom. The second-order valence-electron chi connectivity index (χ2n) is 6.11. The Balaban J connectivity index is 1.61. The minimum atomic E-state index is -0.288. The number of hydrogen-bond acceptors (Lipinski definition) is 7. The number of ether oxygens (including phenoxy) is 1. The molecule has 0 fully saturated rings. The van der Waals surface area contributed by atoms with E-state index in [1.54, 1.807) is 18.4 Å². The lowest BCUT2D eigenvalue weighted by Gasteiger charge is -2.08. The van der Waals surface area contributed by atoms with E-state index < -0.39 is 0 Å². The number of carbonyl (C=O) groups excluding carboxylic acids is 2. The molecule has 0 bridgehead atoms. The van der Waals surface area contributed by atoms with Crippen LogP contribution in [0.3, 0.4) is 0 Å². The number of fused-ring (bicyclic) bond motifs is 3. The third-order valence-corrected chi connectivity index (χ3v) is 6.56. The molecule has 7 nitrogen and oxygen atoms in total. The van der Waals surface area contributed by atoms with Crippen LogP contribution in [-0.2, 0) is 34.2 Å². The van der Waals surface area contributed by atoms with Crippen LogP contribution in [0.5, 0.6) is 0 Å². The molecule has 0 unspecified atom stereocenters. The summed E-state index contributed by atoms with van der Waals surface area (Å²) in [7, 11) is 3.04. The zero-order chi connectivity index (χ0) is 18.7. The summed E-state index contributed by atoms with van der Waals surface area (Å²) >= 11 is 2.85. The SMILES string of the molecule is COC(=O)CCCNC(=O)CSc1nc2sc3c(c2c(=O)n1C)CCC3. The summed E-state index contributed by atoms with van der Waals surface area (Å²) in [4.78, 5) is 42.3. The fourth-order valence-corrected chi connectivity index (χ4v) is 5.08. The van der Waals surface area contributed by atoms with E-state index in [0.717, 1.165) is 35.0 Å². The van der Waals surface area contributed by atoms with E-state index in [4.69, 9.17) is 0 Å². The van der Waals surface area contributed by atoms with E-state index in [-0.39, 0.29) is 29.6 Å². The van der Waals surface area contributed by atoms with Crippen molar-refractivity contribution in [1.82, 2.24) is 14.9 Å². The average Bonchev–Trinajstić information content (AvgIpc) is 3.20. The van der Waals surface area contributed by atoms with Crippen LogP contribution in [0.2, 0.25) is 0 Å². The number of hydrogen-bond donors (Lipinski definition) is 1. The molecule has 1 aliphatic rings. The zero-order valence-electron chi connectivity index (χ0n) is 14.8. The molecule has 0 radical (unpaired) electrons. The monoisotopic (exact) mass is 395 g/mol. The molecule has 2 aromatic rings. The minimum Gasteiger partial charge on any atom is -0.469 e. The highest BCUT2D eigenvalue weighted by molar-refractivity contribution is 7.99. The summed E-state index contributed by atoms with van der Waals surface area (Å²) in [5.74, 6) is -0.262. The van der Waals surface area contributed by atoms with Gasteiger partial charge >= 0.3 is 5.97 Å². The lowest BCUT2D eigenvalue weighted by Crippen LogP contribution is -2.27. The number of amides is 1. The molecule has 0 saturated heterocycles. The van der Waals surface area contributed by atoms with E-state index in [1.807, 2.05) is 0 Å². The van der Waals surface area contributed by atoms with Gasteiger partial charge in [-0.2, -0.15) is 0 Å². The second kappa shape index (κ2) is 8.22. The van der Waals surface area contributed by atoms with Crippen molar-refractivity contribution in [1.29, 1.82) is 0 Å². The second-order valence-corrected chi connectivity index (χ2v) is 8.14. The van der Waals surface area contributed by atoms with Crippen molar-refractivity contribution in [3.05, 3.63) is 20.8 Å². The van der Waals surface area contributed by atoms with Gasteiger partial charge in [-0.15, -0.1) is 11.3 Å². The van der Waals surface area contributed by atoms with Crippen molar-refractivity contribution < 1.29 is 14.3 Å². The van der Waals surface area contributed by atoms with E-state index in [9.17, 15) is 14.4 Å². The van der Waals surface area contributed by atoms with Gasteiger partial charge in [-0.3, -0.25) is 19.0 Å². The Labute approximate surface area is 159 Å². The lowest BCUT2D eigenvalue weighted by atomic mass is 10.2. The number of aromatic nitrogens is 2. The largest absolute Gasteiger partial charge is 0.469 e. The number of nitrogens with one attached hydrogen (secondary N) is 1. The summed E-state index contributed by atoms with van der Waals surface area (Å²) in [6.07, 6.45) is 3.89. The first-order valence-corrected chi connectivity index (χ1v) is 10.3. The number of nitrogens with zero attached hydrogens (tertiary/aromatic N) is 2. The predicted octanol–water partition coefficient (Wildman–Crippen LogP) is 1.65. The van der Waals surface area contributed by atoms with Crippen LogP contribution in [0, 0.1) is 0 Å². The van der Waals surface area contributed by atoms with Crippen molar-refractivity contribution in [2.45, 2.75) is 37.3 Å². The third kappa shape index (κ3) is 3.93. The first kappa shape index (κ1) is 18.9. The van der Waals surface area contributed by atoms with Crippen LogP contribution < -0.4 is 10.9 Å². The van der Waals surface area contributed by atoms with Gasteiger partial charge in [0.15, 0.2) is 5.16 Å². The van der Waals surface area contributed by atoms with Gasteiger partial charge in [0.25, 0.3) is 5.56 Å². The van der Waals surface area contributed by atoms with Crippen LogP contribution >= 0.6 is 23.1 Å². The number of carbonyl (C=O) groups is 2. The molecule has 2 aromatic heterocycles. The number of rotatable bonds is 7. The number of aryl methyl sites for hydroxylation is 2. The maximum absolute atomic E-state index is 12.7. The van der Waals surface area contributed by atoms with Gasteiger partial charge in [-0.05, 0) is 31.2 Å². The molecule has 0 saturated carbocycles. The molecule has 0 aromatic carbocycles. The van der Waals surface area contributed by atoms with Crippen molar-refractivity contribution >= 4 is 45.2 Å². The highest BCUT2D eigenvalue weighted by Gasteiger charge is 2.22. The Morgan fingerprint density at radius 1 is 1.38 bits per heavy atom. The van der Waals surface area contributed by atoms with Crippen molar-refractivity contribution in [2.75, 3.05) is 19.4 Å². The first-order valence-electron chi connectivity index (χ1n) is 8.49. The standard InChI is InChI=1S/C17H21N3O4S2/c1-20-16(23)14-10-5-3-6-11(10)26-15(14)19-17(20)25-9-12(21)18-8-4-7-13(22)24-2/h3-9H2,1-2H3,(H,18,21). The molecule has 1 N–H and O–H groups in total. The summed E-state index contributed by atoms with van der Waals surface area (Å²) in [5.41, 5.74) is 1.13. The molecule has 9 heteroatoms. The smallest absolute Gasteiger partial charge is 0.305 e. The van der Waals surface area contributed by atoms with Gasteiger partial charge in [-0.25, -0.2) is 4.98 Å². The molecule has 1 aliphatic carbocycles. The summed E-state index contributed by atoms with van der Waals surface area (Å²) in [5, 5.41) is 4.05. The molecular formula is C17H21N3O4S2. The summed E-state index contributed by atoms with van der Waals surface area (Å²) in [6.45, 7) is 0.414. The maximum Gasteiger partial charge on any atom is 0.305 e. The third-order valence-electron chi connectivity index (χ3n) is 4.35. The first-order chi connectivity index (χ1) is 12.5. The Hall–Kier alpha value is -1.87. The molecule has 0 atom stereocenters. The van der Waals surface area contributed by atoms with E-state index in [0.29, 0.717) is 18.1 Å². The Morgan fingerprint density at radius 3 is 2.96 bits per heavy atom. The van der Waals surface area contributed by atoms with Crippen LogP contribution in [0.25, 0.3) is 10.2 Å².